The second kappa shape index (κ2) is 3.49. The van der Waals surface area contributed by atoms with Crippen LogP contribution < -0.4 is 0 Å². The molecule has 0 fully saturated rings. The Morgan fingerprint density at radius 3 is 1.93 bits per heavy atom. The lowest BCUT2D eigenvalue weighted by Crippen LogP contribution is -1.77. The third-order valence-electron chi connectivity index (χ3n) is 2.67. The van der Waals surface area contributed by atoms with Crippen LogP contribution in [0.15, 0.2) is 54.6 Å². The Hall–Kier alpha value is -1.09. The molecule has 72 valence electrons. The molecule has 0 aliphatic carbocycles. The van der Waals surface area contributed by atoms with E-state index < -0.39 is 0 Å². The quantitative estimate of drug-likeness (QED) is 0.421. The Labute approximate surface area is 102 Å². The molecule has 0 nitrogen and oxygen atoms in total. The maximum absolute atomic E-state index is 2.35. The van der Waals surface area contributed by atoms with Crippen LogP contribution in [-0.2, 0) is 0 Å². The van der Waals surface area contributed by atoms with E-state index in [1.54, 1.807) is 0 Å². The molecule has 0 saturated heterocycles. The minimum atomic E-state index is 1.29. The van der Waals surface area contributed by atoms with Gasteiger partial charge in [0.05, 0.1) is 0 Å². The number of hydrogen-bond acceptors (Lipinski definition) is 0. The Balaban J connectivity index is 2.47. The van der Waals surface area contributed by atoms with Crippen LogP contribution in [-0.4, -0.2) is 0 Å². The third kappa shape index (κ3) is 1.61. The molecular weight excluding hydrogens is 295 g/mol. The van der Waals surface area contributed by atoms with E-state index in [2.05, 4.69) is 77.2 Å². The van der Waals surface area contributed by atoms with Gasteiger partial charge in [0.2, 0.25) is 0 Å². The van der Waals surface area contributed by atoms with Crippen molar-refractivity contribution in [3.8, 4) is 0 Å². The van der Waals surface area contributed by atoms with E-state index in [0.717, 1.165) is 0 Å². The van der Waals surface area contributed by atoms with Gasteiger partial charge in [-0.15, -0.1) is 0 Å². The van der Waals surface area contributed by atoms with Crippen LogP contribution in [0.1, 0.15) is 0 Å². The summed E-state index contributed by atoms with van der Waals surface area (Å²) in [4.78, 5) is 0. The normalized spacial score (nSPS) is 11.0. The van der Waals surface area contributed by atoms with Gasteiger partial charge in [-0.1, -0.05) is 30.3 Å². The molecule has 0 spiro atoms. The molecule has 3 rings (SSSR count). The average Bonchev–Trinajstić information content (AvgIpc) is 2.26. The van der Waals surface area contributed by atoms with Gasteiger partial charge in [-0.25, -0.2) is 0 Å². The van der Waals surface area contributed by atoms with Crippen LogP contribution in [0.5, 0.6) is 0 Å². The molecule has 0 aliphatic heterocycles. The van der Waals surface area contributed by atoms with Crippen molar-refractivity contribution in [3.63, 3.8) is 0 Å². The Kier molecular flexibility index (Phi) is 2.13. The van der Waals surface area contributed by atoms with Crippen molar-refractivity contribution >= 4 is 44.1 Å². The van der Waals surface area contributed by atoms with Gasteiger partial charge in [-0.2, -0.15) is 0 Å². The van der Waals surface area contributed by atoms with Crippen molar-refractivity contribution in [1.29, 1.82) is 0 Å². The molecule has 3 aromatic rings. The van der Waals surface area contributed by atoms with E-state index in [1.165, 1.54) is 25.1 Å². The van der Waals surface area contributed by atoms with Crippen LogP contribution in [0.3, 0.4) is 0 Å². The highest BCUT2D eigenvalue weighted by atomic mass is 127. The maximum Gasteiger partial charge on any atom is 0.0136 e. The first-order valence-corrected chi connectivity index (χ1v) is 5.99. The summed E-state index contributed by atoms with van der Waals surface area (Å²) in [6, 6.07) is 19.6. The van der Waals surface area contributed by atoms with E-state index in [0.29, 0.717) is 0 Å². The molecule has 1 heteroatoms. The number of halogens is 1. The van der Waals surface area contributed by atoms with Crippen LogP contribution in [0.25, 0.3) is 21.5 Å². The van der Waals surface area contributed by atoms with Crippen molar-refractivity contribution < 1.29 is 0 Å². The Morgan fingerprint density at radius 2 is 1.20 bits per heavy atom. The van der Waals surface area contributed by atoms with Gasteiger partial charge >= 0.3 is 0 Å². The molecule has 0 heterocycles. The summed E-state index contributed by atoms with van der Waals surface area (Å²) in [6.07, 6.45) is 0. The monoisotopic (exact) mass is 304 g/mol. The SMILES string of the molecule is Ic1ccc2cc3ccccc3cc2c1. The number of rotatable bonds is 0. The summed E-state index contributed by atoms with van der Waals surface area (Å²) >= 11 is 2.35. The molecule has 0 radical (unpaired) electrons. The zero-order valence-electron chi connectivity index (χ0n) is 8.07. The van der Waals surface area contributed by atoms with Gasteiger partial charge < -0.3 is 0 Å². The lowest BCUT2D eigenvalue weighted by Gasteiger charge is -2.02. The smallest absolute Gasteiger partial charge is 0.0136 e. The average molecular weight is 304 g/mol. The predicted molar refractivity (Wildman–Crippen MR) is 74.2 cm³/mol. The fourth-order valence-corrected chi connectivity index (χ4v) is 2.43. The molecule has 0 unspecified atom stereocenters. The van der Waals surface area contributed by atoms with Crippen molar-refractivity contribution in [2.45, 2.75) is 0 Å². The summed E-state index contributed by atoms with van der Waals surface area (Å²) in [5.41, 5.74) is 0. The number of fused-ring (bicyclic) bond motifs is 2. The molecule has 15 heavy (non-hydrogen) atoms. The fraction of sp³-hybridized carbons (Fsp3) is 0. The lowest BCUT2D eigenvalue weighted by molar-refractivity contribution is 1.72. The van der Waals surface area contributed by atoms with E-state index in [-0.39, 0.29) is 0 Å². The molecule has 0 N–H and O–H groups in total. The van der Waals surface area contributed by atoms with Crippen molar-refractivity contribution in [3.05, 3.63) is 58.2 Å². The highest BCUT2D eigenvalue weighted by Gasteiger charge is 1.97. The van der Waals surface area contributed by atoms with Crippen LogP contribution >= 0.6 is 22.6 Å². The molecule has 0 atom stereocenters. The summed E-state index contributed by atoms with van der Waals surface area (Å²) < 4.78 is 1.29. The first-order valence-electron chi connectivity index (χ1n) is 4.91. The van der Waals surface area contributed by atoms with Gasteiger partial charge in [-0.05, 0) is 68.4 Å². The topological polar surface area (TPSA) is 0 Å². The zero-order chi connectivity index (χ0) is 10.3. The van der Waals surface area contributed by atoms with Gasteiger partial charge in [0, 0.05) is 3.57 Å². The van der Waals surface area contributed by atoms with Crippen LogP contribution in [0.2, 0.25) is 0 Å². The molecule has 3 aromatic carbocycles. The van der Waals surface area contributed by atoms with Gasteiger partial charge in [0.25, 0.3) is 0 Å². The van der Waals surface area contributed by atoms with Gasteiger partial charge in [0.15, 0.2) is 0 Å². The molecule has 0 aliphatic rings. The molecule has 0 aromatic heterocycles. The van der Waals surface area contributed by atoms with E-state index >= 15 is 0 Å². The van der Waals surface area contributed by atoms with Crippen LogP contribution in [0.4, 0.5) is 0 Å². The Morgan fingerprint density at radius 1 is 0.600 bits per heavy atom. The molecular formula is C14H9I. The lowest BCUT2D eigenvalue weighted by atomic mass is 10.0. The zero-order valence-corrected chi connectivity index (χ0v) is 10.2. The Bertz CT molecular complexity index is 641. The van der Waals surface area contributed by atoms with E-state index in [9.17, 15) is 0 Å². The molecule has 0 saturated carbocycles. The summed E-state index contributed by atoms with van der Waals surface area (Å²) in [6.45, 7) is 0. The maximum atomic E-state index is 2.35. The predicted octanol–water partition coefficient (Wildman–Crippen LogP) is 4.60. The van der Waals surface area contributed by atoms with Crippen LogP contribution in [0, 0.1) is 3.57 Å². The largest absolute Gasteiger partial charge is 0.0616 e. The first-order chi connectivity index (χ1) is 7.33. The molecule has 0 bridgehead atoms. The third-order valence-corrected chi connectivity index (χ3v) is 3.34. The van der Waals surface area contributed by atoms with E-state index in [4.69, 9.17) is 0 Å². The number of benzene rings is 3. The summed E-state index contributed by atoms with van der Waals surface area (Å²) in [5.74, 6) is 0. The summed E-state index contributed by atoms with van der Waals surface area (Å²) in [7, 11) is 0. The first kappa shape index (κ1) is 9.16. The highest BCUT2D eigenvalue weighted by Crippen LogP contribution is 2.23. The molecule has 0 amide bonds. The number of hydrogen-bond donors (Lipinski definition) is 0. The van der Waals surface area contributed by atoms with E-state index in [1.807, 2.05) is 0 Å². The standard InChI is InChI=1S/C14H9I/c15-14-6-5-12-7-10-3-1-2-4-11(10)8-13(12)9-14/h1-9H. The highest BCUT2D eigenvalue weighted by molar-refractivity contribution is 14.1. The second-order valence-electron chi connectivity index (χ2n) is 3.69. The summed E-state index contributed by atoms with van der Waals surface area (Å²) in [5, 5.41) is 5.26. The second-order valence-corrected chi connectivity index (χ2v) is 4.94. The van der Waals surface area contributed by atoms with Gasteiger partial charge in [-0.3, -0.25) is 0 Å². The minimum absolute atomic E-state index is 1.29. The van der Waals surface area contributed by atoms with Crippen molar-refractivity contribution in [2.24, 2.45) is 0 Å². The fourth-order valence-electron chi connectivity index (χ4n) is 1.91. The van der Waals surface area contributed by atoms with Crippen molar-refractivity contribution in [1.82, 2.24) is 0 Å². The van der Waals surface area contributed by atoms with Crippen molar-refractivity contribution in [2.75, 3.05) is 0 Å². The minimum Gasteiger partial charge on any atom is -0.0616 e. The van der Waals surface area contributed by atoms with Gasteiger partial charge in [0.1, 0.15) is 0 Å².